The SMILES string of the molecule is CO[C@H]1CN(CC2(C)CCC(Nc3cc(-n4nc(C)nc4C4CC4)cnn3)CC2)C[C@]12CCCO2. The Kier molecular flexibility index (Phi) is 6.05. The van der Waals surface area contributed by atoms with Gasteiger partial charge in [-0.2, -0.15) is 10.2 Å². The van der Waals surface area contributed by atoms with Crippen LogP contribution in [0.3, 0.4) is 0 Å². The normalized spacial score (nSPS) is 33.6. The van der Waals surface area contributed by atoms with Gasteiger partial charge in [-0.3, -0.25) is 4.90 Å². The van der Waals surface area contributed by atoms with Gasteiger partial charge in [-0.1, -0.05) is 6.92 Å². The summed E-state index contributed by atoms with van der Waals surface area (Å²) in [7, 11) is 1.84. The zero-order chi connectivity index (χ0) is 24.0. The molecule has 0 radical (unpaired) electrons. The fourth-order valence-corrected chi connectivity index (χ4v) is 6.59. The van der Waals surface area contributed by atoms with Crippen molar-refractivity contribution in [2.24, 2.45) is 5.41 Å². The van der Waals surface area contributed by atoms with Crippen LogP contribution < -0.4 is 5.32 Å². The lowest BCUT2D eigenvalue weighted by atomic mass is 9.73. The van der Waals surface area contributed by atoms with Crippen LogP contribution in [0, 0.1) is 12.3 Å². The highest BCUT2D eigenvalue weighted by atomic mass is 16.6. The Morgan fingerprint density at radius 1 is 1.20 bits per heavy atom. The first-order valence-electron chi connectivity index (χ1n) is 13.4. The molecule has 2 aliphatic carbocycles. The van der Waals surface area contributed by atoms with E-state index < -0.39 is 0 Å². The van der Waals surface area contributed by atoms with Gasteiger partial charge in [-0.25, -0.2) is 9.67 Å². The highest BCUT2D eigenvalue weighted by molar-refractivity contribution is 5.44. The third-order valence-electron chi connectivity index (χ3n) is 8.64. The summed E-state index contributed by atoms with van der Waals surface area (Å²) in [4.78, 5) is 7.25. The second-order valence-corrected chi connectivity index (χ2v) is 11.6. The molecule has 6 rings (SSSR count). The topological polar surface area (TPSA) is 90.2 Å². The molecule has 0 amide bonds. The van der Waals surface area contributed by atoms with E-state index in [-0.39, 0.29) is 11.7 Å². The Bertz CT molecular complexity index is 1040. The zero-order valence-electron chi connectivity index (χ0n) is 21.4. The molecule has 2 aliphatic heterocycles. The molecular weight excluding hydrogens is 442 g/mol. The van der Waals surface area contributed by atoms with Gasteiger partial charge in [0.1, 0.15) is 17.2 Å². The van der Waals surface area contributed by atoms with Gasteiger partial charge < -0.3 is 14.8 Å². The Morgan fingerprint density at radius 2 is 2.03 bits per heavy atom. The quantitative estimate of drug-likeness (QED) is 0.643. The second kappa shape index (κ2) is 9.09. The molecule has 0 bridgehead atoms. The first-order chi connectivity index (χ1) is 17.0. The number of hydrogen-bond acceptors (Lipinski definition) is 8. The van der Waals surface area contributed by atoms with Crippen LogP contribution in [0.2, 0.25) is 0 Å². The lowest BCUT2D eigenvalue weighted by Gasteiger charge is -2.40. The lowest BCUT2D eigenvalue weighted by Crippen LogP contribution is -2.43. The van der Waals surface area contributed by atoms with Crippen LogP contribution in [0.25, 0.3) is 5.69 Å². The number of anilines is 1. The molecule has 2 aromatic heterocycles. The smallest absolute Gasteiger partial charge is 0.151 e. The van der Waals surface area contributed by atoms with Crippen LogP contribution in [-0.4, -0.2) is 81.0 Å². The highest BCUT2D eigenvalue weighted by Gasteiger charge is 2.51. The van der Waals surface area contributed by atoms with E-state index in [1.165, 1.54) is 25.7 Å². The molecule has 2 atom stereocenters. The van der Waals surface area contributed by atoms with Crippen molar-refractivity contribution >= 4 is 5.82 Å². The van der Waals surface area contributed by atoms with Crippen molar-refractivity contribution in [1.29, 1.82) is 0 Å². The largest absolute Gasteiger partial charge is 0.377 e. The number of aromatic nitrogens is 5. The number of hydrogen-bond donors (Lipinski definition) is 1. The van der Waals surface area contributed by atoms with Crippen LogP contribution in [0.4, 0.5) is 5.82 Å². The average Bonchev–Trinajstić information content (AvgIpc) is 3.31. The number of likely N-dealkylation sites (tertiary alicyclic amines) is 1. The number of ether oxygens (including phenoxy) is 2. The second-order valence-electron chi connectivity index (χ2n) is 11.6. The van der Waals surface area contributed by atoms with Gasteiger partial charge >= 0.3 is 0 Å². The third-order valence-corrected chi connectivity index (χ3v) is 8.64. The van der Waals surface area contributed by atoms with Gasteiger partial charge in [-0.05, 0) is 63.7 Å². The summed E-state index contributed by atoms with van der Waals surface area (Å²) in [5.74, 6) is 3.22. The maximum Gasteiger partial charge on any atom is 0.151 e. The molecule has 9 nitrogen and oxygen atoms in total. The highest BCUT2D eigenvalue weighted by Crippen LogP contribution is 2.42. The Balaban J connectivity index is 1.06. The molecule has 190 valence electrons. The molecule has 4 fully saturated rings. The van der Waals surface area contributed by atoms with Crippen LogP contribution >= 0.6 is 0 Å². The van der Waals surface area contributed by atoms with E-state index >= 15 is 0 Å². The molecule has 2 aromatic rings. The van der Waals surface area contributed by atoms with Gasteiger partial charge in [-0.15, -0.1) is 5.10 Å². The van der Waals surface area contributed by atoms with Crippen molar-refractivity contribution in [2.75, 3.05) is 38.7 Å². The van der Waals surface area contributed by atoms with Crippen LogP contribution in [0.5, 0.6) is 0 Å². The minimum absolute atomic E-state index is 0.0738. The van der Waals surface area contributed by atoms with Gasteiger partial charge in [0.2, 0.25) is 0 Å². The van der Waals surface area contributed by atoms with E-state index in [1.807, 2.05) is 18.7 Å². The molecular formula is C26H39N7O2. The summed E-state index contributed by atoms with van der Waals surface area (Å²) < 4.78 is 14.0. The van der Waals surface area contributed by atoms with Crippen molar-refractivity contribution in [3.05, 3.63) is 23.9 Å². The molecule has 1 N–H and O–H groups in total. The fraction of sp³-hybridized carbons (Fsp3) is 0.769. The van der Waals surface area contributed by atoms with Crippen molar-refractivity contribution in [2.45, 2.75) is 88.9 Å². The van der Waals surface area contributed by atoms with Crippen molar-refractivity contribution in [3.63, 3.8) is 0 Å². The Morgan fingerprint density at radius 3 is 2.74 bits per heavy atom. The molecule has 2 saturated heterocycles. The van der Waals surface area contributed by atoms with Crippen molar-refractivity contribution < 1.29 is 9.47 Å². The third kappa shape index (κ3) is 4.70. The first-order valence-corrected chi connectivity index (χ1v) is 13.4. The number of nitrogens with zero attached hydrogens (tertiary/aromatic N) is 6. The molecule has 0 aromatic carbocycles. The van der Waals surface area contributed by atoms with E-state index in [0.29, 0.717) is 17.4 Å². The fourth-order valence-electron chi connectivity index (χ4n) is 6.59. The predicted molar refractivity (Wildman–Crippen MR) is 133 cm³/mol. The standard InChI is InChI=1S/C26H39N7O2/c1-18-28-24(19-5-6-19)33(31-18)21-13-23(30-27-14-21)29-20-7-10-25(2,11-8-20)16-32-15-22(34-3)26(17-32)9-4-12-35-26/h13-14,19-20,22H,4-12,15-17H2,1-3H3,(H,29,30)/t20?,22-,25?,26+/m0/s1. The maximum absolute atomic E-state index is 6.21. The van der Waals surface area contributed by atoms with E-state index in [9.17, 15) is 0 Å². The minimum atomic E-state index is -0.0738. The van der Waals surface area contributed by atoms with Crippen LogP contribution in [-0.2, 0) is 9.47 Å². The number of nitrogens with one attached hydrogen (secondary N) is 1. The summed E-state index contributed by atoms with van der Waals surface area (Å²) >= 11 is 0. The van der Waals surface area contributed by atoms with E-state index in [0.717, 1.165) is 75.1 Å². The molecule has 9 heteroatoms. The Hall–Kier alpha value is -2.10. The van der Waals surface area contributed by atoms with Crippen LogP contribution in [0.1, 0.15) is 75.9 Å². The number of methoxy groups -OCH3 is 1. The van der Waals surface area contributed by atoms with Gasteiger partial charge in [0.25, 0.3) is 0 Å². The predicted octanol–water partition coefficient (Wildman–Crippen LogP) is 3.48. The summed E-state index contributed by atoms with van der Waals surface area (Å²) in [5, 5.41) is 16.9. The molecule has 1 spiro atoms. The van der Waals surface area contributed by atoms with Crippen molar-refractivity contribution in [3.8, 4) is 5.69 Å². The van der Waals surface area contributed by atoms with E-state index in [2.05, 4.69) is 43.5 Å². The van der Waals surface area contributed by atoms with Crippen LogP contribution in [0.15, 0.2) is 12.3 Å². The van der Waals surface area contributed by atoms with E-state index in [4.69, 9.17) is 9.47 Å². The van der Waals surface area contributed by atoms with E-state index in [1.54, 1.807) is 6.20 Å². The first kappa shape index (κ1) is 23.3. The van der Waals surface area contributed by atoms with Gasteiger partial charge in [0, 0.05) is 51.4 Å². The summed E-state index contributed by atoms with van der Waals surface area (Å²) in [6.45, 7) is 8.40. The number of rotatable bonds is 7. The molecule has 2 saturated carbocycles. The van der Waals surface area contributed by atoms with Crippen molar-refractivity contribution in [1.82, 2.24) is 29.9 Å². The molecule has 0 unspecified atom stereocenters. The molecule has 35 heavy (non-hydrogen) atoms. The summed E-state index contributed by atoms with van der Waals surface area (Å²) in [6, 6.07) is 2.49. The molecule has 4 aliphatic rings. The average molecular weight is 482 g/mol. The number of aryl methyl sites for hydroxylation is 1. The van der Waals surface area contributed by atoms with Gasteiger partial charge in [0.15, 0.2) is 5.82 Å². The van der Waals surface area contributed by atoms with Gasteiger partial charge in [0.05, 0.1) is 18.0 Å². The maximum atomic E-state index is 6.21. The minimum Gasteiger partial charge on any atom is -0.377 e. The Labute approximate surface area is 208 Å². The zero-order valence-corrected chi connectivity index (χ0v) is 21.4. The summed E-state index contributed by atoms with van der Waals surface area (Å²) in [6.07, 6.45) is 11.3. The monoisotopic (exact) mass is 481 g/mol. The summed E-state index contributed by atoms with van der Waals surface area (Å²) in [5.41, 5.74) is 1.19. The molecule has 4 heterocycles. The lowest BCUT2D eigenvalue weighted by molar-refractivity contribution is -0.0758.